The average molecular weight is 277 g/mol. The zero-order valence-electron chi connectivity index (χ0n) is 11.5. The standard InChI is InChI=1S/C16H23NOS/c1-11-10-15(19(18)12-6-2-3-7-12)16(17)14-9-5-4-8-13(11)14/h4-5,8-9,11-12,15-16H,2-3,6-7,10,17H2,1H3. The van der Waals surface area contributed by atoms with Gasteiger partial charge in [0.1, 0.15) is 0 Å². The highest BCUT2D eigenvalue weighted by atomic mass is 32.2. The molecule has 2 nitrogen and oxygen atoms in total. The lowest BCUT2D eigenvalue weighted by Crippen LogP contribution is -2.39. The molecule has 0 spiro atoms. The Balaban J connectivity index is 1.87. The Hall–Kier alpha value is -0.670. The maximum absolute atomic E-state index is 12.8. The summed E-state index contributed by atoms with van der Waals surface area (Å²) in [6.07, 6.45) is 5.72. The zero-order chi connectivity index (χ0) is 13.4. The third-order valence-electron chi connectivity index (χ3n) is 4.80. The highest BCUT2D eigenvalue weighted by molar-refractivity contribution is 7.86. The van der Waals surface area contributed by atoms with Crippen LogP contribution in [0.2, 0.25) is 0 Å². The summed E-state index contributed by atoms with van der Waals surface area (Å²) in [6.45, 7) is 2.24. The Labute approximate surface area is 118 Å². The van der Waals surface area contributed by atoms with Crippen molar-refractivity contribution < 1.29 is 4.21 Å². The van der Waals surface area contributed by atoms with Crippen LogP contribution in [-0.4, -0.2) is 14.7 Å². The molecule has 0 heterocycles. The van der Waals surface area contributed by atoms with E-state index in [-0.39, 0.29) is 11.3 Å². The summed E-state index contributed by atoms with van der Waals surface area (Å²) in [6, 6.07) is 8.37. The second kappa shape index (κ2) is 5.37. The fourth-order valence-corrected chi connectivity index (χ4v) is 5.90. The molecule has 0 saturated heterocycles. The van der Waals surface area contributed by atoms with Gasteiger partial charge < -0.3 is 5.73 Å². The molecular formula is C16H23NOS. The van der Waals surface area contributed by atoms with Crippen LogP contribution in [-0.2, 0) is 10.8 Å². The molecule has 1 fully saturated rings. The average Bonchev–Trinajstić information content (AvgIpc) is 2.96. The SMILES string of the molecule is CC1CC(S(=O)C2CCCC2)C(N)c2ccccc21. The molecule has 1 aromatic rings. The van der Waals surface area contributed by atoms with Crippen LogP contribution in [0.1, 0.15) is 62.1 Å². The fourth-order valence-electron chi connectivity index (χ4n) is 3.69. The summed E-state index contributed by atoms with van der Waals surface area (Å²) in [4.78, 5) is 0. The van der Waals surface area contributed by atoms with Crippen molar-refractivity contribution in [2.24, 2.45) is 5.73 Å². The third kappa shape index (κ3) is 2.38. The molecule has 2 aliphatic carbocycles. The molecule has 0 radical (unpaired) electrons. The van der Waals surface area contributed by atoms with Crippen molar-refractivity contribution in [1.82, 2.24) is 0 Å². The largest absolute Gasteiger partial charge is 0.323 e. The summed E-state index contributed by atoms with van der Waals surface area (Å²) in [5.41, 5.74) is 9.00. The first-order valence-electron chi connectivity index (χ1n) is 7.42. The lowest BCUT2D eigenvalue weighted by atomic mass is 9.81. The quantitative estimate of drug-likeness (QED) is 0.901. The number of fused-ring (bicyclic) bond motifs is 1. The van der Waals surface area contributed by atoms with Gasteiger partial charge in [0.2, 0.25) is 0 Å². The van der Waals surface area contributed by atoms with E-state index in [9.17, 15) is 4.21 Å². The van der Waals surface area contributed by atoms with Crippen molar-refractivity contribution in [3.05, 3.63) is 35.4 Å². The maximum Gasteiger partial charge on any atom is 0.0549 e. The van der Waals surface area contributed by atoms with Crippen molar-refractivity contribution in [3.8, 4) is 0 Å². The van der Waals surface area contributed by atoms with Gasteiger partial charge in [0.15, 0.2) is 0 Å². The van der Waals surface area contributed by atoms with Crippen LogP contribution in [0.25, 0.3) is 0 Å². The van der Waals surface area contributed by atoms with Gasteiger partial charge in [-0.05, 0) is 36.3 Å². The van der Waals surface area contributed by atoms with E-state index >= 15 is 0 Å². The first-order valence-corrected chi connectivity index (χ1v) is 8.70. The predicted molar refractivity (Wildman–Crippen MR) is 80.6 cm³/mol. The Kier molecular flexibility index (Phi) is 3.77. The Bertz CT molecular complexity index is 481. The number of nitrogens with two attached hydrogens (primary N) is 1. The molecular weight excluding hydrogens is 254 g/mol. The molecule has 4 atom stereocenters. The molecule has 0 amide bonds. The van der Waals surface area contributed by atoms with Gasteiger partial charge in [-0.1, -0.05) is 44.0 Å². The van der Waals surface area contributed by atoms with Gasteiger partial charge in [-0.2, -0.15) is 0 Å². The van der Waals surface area contributed by atoms with Crippen LogP contribution in [0.4, 0.5) is 0 Å². The first-order chi connectivity index (χ1) is 9.18. The number of hydrogen-bond acceptors (Lipinski definition) is 2. The summed E-state index contributed by atoms with van der Waals surface area (Å²) >= 11 is 0. The number of benzene rings is 1. The van der Waals surface area contributed by atoms with E-state index in [0.717, 1.165) is 19.3 Å². The topological polar surface area (TPSA) is 43.1 Å². The Morgan fingerprint density at radius 2 is 1.79 bits per heavy atom. The van der Waals surface area contributed by atoms with Crippen molar-refractivity contribution in [2.75, 3.05) is 0 Å². The van der Waals surface area contributed by atoms with Crippen molar-refractivity contribution in [2.45, 2.75) is 61.5 Å². The third-order valence-corrected chi connectivity index (χ3v) is 7.01. The van der Waals surface area contributed by atoms with Gasteiger partial charge in [0.25, 0.3) is 0 Å². The lowest BCUT2D eigenvalue weighted by molar-refractivity contribution is 0.509. The number of hydrogen-bond donors (Lipinski definition) is 1. The van der Waals surface area contributed by atoms with Gasteiger partial charge in [0, 0.05) is 22.1 Å². The van der Waals surface area contributed by atoms with E-state index in [4.69, 9.17) is 5.73 Å². The van der Waals surface area contributed by atoms with Crippen molar-refractivity contribution in [1.29, 1.82) is 0 Å². The summed E-state index contributed by atoms with van der Waals surface area (Å²) in [5.74, 6) is 0.478. The van der Waals surface area contributed by atoms with Gasteiger partial charge in [-0.15, -0.1) is 0 Å². The molecule has 3 rings (SSSR count). The van der Waals surface area contributed by atoms with Crippen LogP contribution in [0, 0.1) is 0 Å². The summed E-state index contributed by atoms with van der Waals surface area (Å²) in [5, 5.41) is 0.543. The minimum atomic E-state index is -0.765. The molecule has 104 valence electrons. The molecule has 3 heteroatoms. The van der Waals surface area contributed by atoms with Crippen LogP contribution >= 0.6 is 0 Å². The molecule has 0 aromatic heterocycles. The highest BCUT2D eigenvalue weighted by Gasteiger charge is 2.37. The van der Waals surface area contributed by atoms with E-state index < -0.39 is 10.8 Å². The molecule has 1 aromatic carbocycles. The Morgan fingerprint density at radius 1 is 1.16 bits per heavy atom. The summed E-state index contributed by atoms with van der Waals surface area (Å²) in [7, 11) is -0.765. The van der Waals surface area contributed by atoms with E-state index in [1.807, 2.05) is 6.07 Å². The van der Waals surface area contributed by atoms with Crippen LogP contribution in [0.15, 0.2) is 24.3 Å². The van der Waals surface area contributed by atoms with Gasteiger partial charge >= 0.3 is 0 Å². The molecule has 1 saturated carbocycles. The highest BCUT2D eigenvalue weighted by Crippen LogP contribution is 2.40. The predicted octanol–water partition coefficient (Wildman–Crippen LogP) is 3.25. The normalized spacial score (nSPS) is 33.1. The van der Waals surface area contributed by atoms with E-state index in [1.165, 1.54) is 24.0 Å². The maximum atomic E-state index is 12.8. The number of rotatable bonds is 2. The lowest BCUT2D eigenvalue weighted by Gasteiger charge is -2.35. The minimum Gasteiger partial charge on any atom is -0.323 e. The van der Waals surface area contributed by atoms with E-state index in [1.54, 1.807) is 0 Å². The molecule has 0 aliphatic heterocycles. The molecule has 2 N–H and O–H groups in total. The fraction of sp³-hybridized carbons (Fsp3) is 0.625. The van der Waals surface area contributed by atoms with Crippen LogP contribution in [0.3, 0.4) is 0 Å². The van der Waals surface area contributed by atoms with Gasteiger partial charge in [0.05, 0.1) is 5.25 Å². The molecule has 19 heavy (non-hydrogen) atoms. The van der Waals surface area contributed by atoms with E-state index in [0.29, 0.717) is 11.2 Å². The van der Waals surface area contributed by atoms with Crippen LogP contribution < -0.4 is 5.73 Å². The first kappa shape index (κ1) is 13.3. The molecule has 0 bridgehead atoms. The zero-order valence-corrected chi connectivity index (χ0v) is 12.4. The minimum absolute atomic E-state index is 0.0474. The van der Waals surface area contributed by atoms with Gasteiger partial charge in [-0.25, -0.2) is 0 Å². The van der Waals surface area contributed by atoms with Crippen molar-refractivity contribution >= 4 is 10.8 Å². The van der Waals surface area contributed by atoms with Crippen LogP contribution in [0.5, 0.6) is 0 Å². The van der Waals surface area contributed by atoms with Crippen molar-refractivity contribution in [3.63, 3.8) is 0 Å². The summed E-state index contributed by atoms with van der Waals surface area (Å²) < 4.78 is 12.8. The van der Waals surface area contributed by atoms with E-state index in [2.05, 4.69) is 25.1 Å². The second-order valence-electron chi connectivity index (χ2n) is 6.06. The Morgan fingerprint density at radius 3 is 2.47 bits per heavy atom. The smallest absolute Gasteiger partial charge is 0.0549 e. The second-order valence-corrected chi connectivity index (χ2v) is 7.99. The van der Waals surface area contributed by atoms with Gasteiger partial charge in [-0.3, -0.25) is 4.21 Å². The monoisotopic (exact) mass is 277 g/mol. The molecule has 2 aliphatic rings. The molecule has 4 unspecified atom stereocenters.